The number of thiazole rings is 1. The molecule has 8 nitrogen and oxygen atoms in total. The largest absolute Gasteiger partial charge is 0.496 e. The molecule has 0 amide bonds. The topological polar surface area (TPSA) is 88.4 Å². The number of hydrogen-bond donors (Lipinski definition) is 0. The van der Waals surface area contributed by atoms with Crippen LogP contribution >= 0.6 is 27.3 Å². The van der Waals surface area contributed by atoms with Gasteiger partial charge in [-0.25, -0.2) is 9.79 Å². The first-order chi connectivity index (χ1) is 17.3. The lowest BCUT2D eigenvalue weighted by atomic mass is 9.95. The molecule has 3 aromatic rings. The maximum absolute atomic E-state index is 13.8. The number of rotatable bonds is 7. The normalized spacial score (nSPS) is 15.3. The third-order valence-electron chi connectivity index (χ3n) is 5.74. The van der Waals surface area contributed by atoms with E-state index in [1.807, 2.05) is 24.3 Å². The van der Waals surface area contributed by atoms with Crippen LogP contribution in [-0.4, -0.2) is 38.5 Å². The van der Waals surface area contributed by atoms with E-state index in [4.69, 9.17) is 18.9 Å². The van der Waals surface area contributed by atoms with Gasteiger partial charge >= 0.3 is 5.97 Å². The van der Waals surface area contributed by atoms with E-state index in [0.717, 1.165) is 4.47 Å². The molecule has 0 bridgehead atoms. The molecular formula is C26H25BrN2O6S. The summed E-state index contributed by atoms with van der Waals surface area (Å²) >= 11 is 4.72. The Kier molecular flexibility index (Phi) is 7.65. The average molecular weight is 573 g/mol. The smallest absolute Gasteiger partial charge is 0.338 e. The molecule has 2 aromatic carbocycles. The second kappa shape index (κ2) is 10.7. The first-order valence-corrected chi connectivity index (χ1v) is 12.7. The summed E-state index contributed by atoms with van der Waals surface area (Å²) < 4.78 is 24.5. The zero-order valence-electron chi connectivity index (χ0n) is 20.5. The van der Waals surface area contributed by atoms with Crippen molar-refractivity contribution in [1.29, 1.82) is 0 Å². The number of hydrogen-bond acceptors (Lipinski definition) is 8. The summed E-state index contributed by atoms with van der Waals surface area (Å²) in [6.45, 7) is 3.68. The Morgan fingerprint density at radius 1 is 1.11 bits per heavy atom. The Balaban J connectivity index is 2.00. The van der Waals surface area contributed by atoms with Crippen LogP contribution in [0.25, 0.3) is 6.08 Å². The van der Waals surface area contributed by atoms with E-state index in [1.54, 1.807) is 53.4 Å². The maximum Gasteiger partial charge on any atom is 0.338 e. The number of fused-ring (bicyclic) bond motifs is 1. The molecule has 0 N–H and O–H groups in total. The highest BCUT2D eigenvalue weighted by molar-refractivity contribution is 9.10. The summed E-state index contributed by atoms with van der Waals surface area (Å²) in [4.78, 5) is 32.0. The second-order valence-corrected chi connectivity index (χ2v) is 9.64. The van der Waals surface area contributed by atoms with Gasteiger partial charge in [-0.3, -0.25) is 9.36 Å². The highest BCUT2D eigenvalue weighted by Gasteiger charge is 2.35. The van der Waals surface area contributed by atoms with Gasteiger partial charge in [0, 0.05) is 17.2 Å². The van der Waals surface area contributed by atoms with E-state index in [2.05, 4.69) is 20.9 Å². The molecule has 1 unspecified atom stereocenters. The van der Waals surface area contributed by atoms with Crippen LogP contribution in [0, 0.1) is 0 Å². The minimum Gasteiger partial charge on any atom is -0.496 e. The number of allylic oxidation sites excluding steroid dienone is 1. The molecule has 1 atom stereocenters. The summed E-state index contributed by atoms with van der Waals surface area (Å²) in [6, 6.07) is 10.1. The highest BCUT2D eigenvalue weighted by atomic mass is 79.9. The van der Waals surface area contributed by atoms with E-state index in [1.165, 1.54) is 15.9 Å². The number of para-hydroxylation sites is 1. The van der Waals surface area contributed by atoms with Crippen LogP contribution in [0.4, 0.5) is 0 Å². The second-order valence-electron chi connectivity index (χ2n) is 7.77. The number of nitrogens with zero attached hydrogens (tertiary/aromatic N) is 2. The van der Waals surface area contributed by atoms with Gasteiger partial charge in [-0.05, 0) is 48.0 Å². The summed E-state index contributed by atoms with van der Waals surface area (Å²) in [5.74, 6) is 1.18. The Morgan fingerprint density at radius 3 is 2.47 bits per heavy atom. The van der Waals surface area contributed by atoms with Gasteiger partial charge in [0.05, 0.1) is 48.2 Å². The fourth-order valence-electron chi connectivity index (χ4n) is 4.12. The SMILES string of the molecule is CCOC(=O)C1=C(C)N=c2s/c(=C\c3cc(Br)c(OC)cc3OC)c(=O)n2C1c1ccccc1OC. The number of carbonyl (C=O) groups excluding carboxylic acids is 1. The molecule has 188 valence electrons. The molecule has 0 saturated heterocycles. The minimum absolute atomic E-state index is 0.199. The first-order valence-electron chi connectivity index (χ1n) is 11.1. The molecule has 0 spiro atoms. The van der Waals surface area contributed by atoms with Gasteiger partial charge in [0.1, 0.15) is 23.3 Å². The molecule has 0 fully saturated rings. The zero-order chi connectivity index (χ0) is 26.0. The number of halogens is 1. The van der Waals surface area contributed by atoms with Crippen LogP contribution in [0.3, 0.4) is 0 Å². The number of carbonyl (C=O) groups is 1. The number of benzene rings is 2. The van der Waals surface area contributed by atoms with Crippen molar-refractivity contribution in [1.82, 2.24) is 4.57 Å². The van der Waals surface area contributed by atoms with Gasteiger partial charge in [-0.1, -0.05) is 29.5 Å². The summed E-state index contributed by atoms with van der Waals surface area (Å²) in [7, 11) is 4.67. The molecule has 10 heteroatoms. The van der Waals surface area contributed by atoms with Crippen molar-refractivity contribution in [2.24, 2.45) is 4.99 Å². The molecular weight excluding hydrogens is 548 g/mol. The Hall–Kier alpha value is -3.37. The van der Waals surface area contributed by atoms with Gasteiger partial charge in [-0.2, -0.15) is 0 Å². The van der Waals surface area contributed by atoms with Crippen LogP contribution in [-0.2, 0) is 9.53 Å². The maximum atomic E-state index is 13.8. The number of aromatic nitrogens is 1. The monoisotopic (exact) mass is 572 g/mol. The van der Waals surface area contributed by atoms with Crippen molar-refractivity contribution >= 4 is 39.3 Å². The number of methoxy groups -OCH3 is 3. The van der Waals surface area contributed by atoms with Crippen molar-refractivity contribution in [3.63, 3.8) is 0 Å². The van der Waals surface area contributed by atoms with Gasteiger partial charge in [0.2, 0.25) is 0 Å². The molecule has 0 aliphatic carbocycles. The summed E-state index contributed by atoms with van der Waals surface area (Å²) in [5, 5.41) is 0. The fourth-order valence-corrected chi connectivity index (χ4v) is 5.68. The van der Waals surface area contributed by atoms with Crippen LogP contribution in [0.2, 0.25) is 0 Å². The molecule has 1 aliphatic rings. The molecule has 36 heavy (non-hydrogen) atoms. The fraction of sp³-hybridized carbons (Fsp3) is 0.269. The van der Waals surface area contributed by atoms with Crippen molar-refractivity contribution in [2.75, 3.05) is 27.9 Å². The van der Waals surface area contributed by atoms with Crippen LogP contribution < -0.4 is 29.1 Å². The van der Waals surface area contributed by atoms with E-state index in [-0.39, 0.29) is 12.2 Å². The van der Waals surface area contributed by atoms with E-state index in [0.29, 0.717) is 49.0 Å². The predicted octanol–water partition coefficient (Wildman–Crippen LogP) is 3.59. The molecule has 2 heterocycles. The minimum atomic E-state index is -0.761. The summed E-state index contributed by atoms with van der Waals surface area (Å²) in [5.41, 5.74) is 1.84. The lowest BCUT2D eigenvalue weighted by molar-refractivity contribution is -0.139. The molecule has 4 rings (SSSR count). The van der Waals surface area contributed by atoms with Crippen LogP contribution in [0.1, 0.15) is 31.0 Å². The van der Waals surface area contributed by atoms with Crippen molar-refractivity contribution < 1.29 is 23.7 Å². The molecule has 1 aromatic heterocycles. The van der Waals surface area contributed by atoms with Gasteiger partial charge in [-0.15, -0.1) is 0 Å². The Labute approximate surface area is 220 Å². The zero-order valence-corrected chi connectivity index (χ0v) is 22.9. The van der Waals surface area contributed by atoms with Gasteiger partial charge in [0.15, 0.2) is 4.80 Å². The Morgan fingerprint density at radius 2 is 1.81 bits per heavy atom. The van der Waals surface area contributed by atoms with Crippen LogP contribution in [0.5, 0.6) is 17.2 Å². The lowest BCUT2D eigenvalue weighted by Gasteiger charge is -2.25. The predicted molar refractivity (Wildman–Crippen MR) is 141 cm³/mol. The third-order valence-corrected chi connectivity index (χ3v) is 7.34. The van der Waals surface area contributed by atoms with Gasteiger partial charge < -0.3 is 18.9 Å². The third kappa shape index (κ3) is 4.58. The summed E-state index contributed by atoms with van der Waals surface area (Å²) in [6.07, 6.45) is 1.75. The quantitative estimate of drug-likeness (QED) is 0.402. The molecule has 0 radical (unpaired) electrons. The van der Waals surface area contributed by atoms with Crippen molar-refractivity contribution in [3.8, 4) is 17.2 Å². The standard InChI is InChI=1S/C26H25BrN2O6S/c1-6-35-25(31)22-14(2)28-26-29(23(22)16-9-7-8-10-18(16)32-3)24(30)21(36-26)12-15-11-17(27)20(34-5)13-19(15)33-4/h7-13,23H,6H2,1-5H3/b21-12-. The van der Waals surface area contributed by atoms with E-state index < -0.39 is 12.0 Å². The number of esters is 1. The lowest BCUT2D eigenvalue weighted by Crippen LogP contribution is -2.40. The highest BCUT2D eigenvalue weighted by Crippen LogP contribution is 2.36. The van der Waals surface area contributed by atoms with Crippen molar-refractivity contribution in [3.05, 3.63) is 83.0 Å². The molecule has 0 saturated carbocycles. The first kappa shape index (κ1) is 25.7. The number of ether oxygens (including phenoxy) is 4. The van der Waals surface area contributed by atoms with Crippen LogP contribution in [0.15, 0.2) is 61.9 Å². The average Bonchev–Trinajstić information content (AvgIpc) is 3.17. The Bertz CT molecular complexity index is 1540. The molecule has 1 aliphatic heterocycles. The van der Waals surface area contributed by atoms with Crippen molar-refractivity contribution in [2.45, 2.75) is 19.9 Å². The van der Waals surface area contributed by atoms with Gasteiger partial charge in [0.25, 0.3) is 5.56 Å². The van der Waals surface area contributed by atoms with E-state index >= 15 is 0 Å². The van der Waals surface area contributed by atoms with E-state index in [9.17, 15) is 9.59 Å².